The number of nitrogen functional groups attached to an aromatic ring is 1. The molecule has 1 aliphatic heterocycles. The average molecular weight is 339 g/mol. The number of hydrogen-bond donors (Lipinski definition) is 1. The van der Waals surface area contributed by atoms with Crippen molar-refractivity contribution in [2.45, 2.75) is 17.4 Å². The zero-order valence-corrected chi connectivity index (χ0v) is 13.2. The molecule has 9 heteroatoms. The molecule has 1 fully saturated rings. The molecule has 0 spiro atoms. The molecule has 1 aliphatic rings. The van der Waals surface area contributed by atoms with Crippen LogP contribution >= 0.6 is 11.6 Å². The van der Waals surface area contributed by atoms with Crippen molar-refractivity contribution in [2.24, 2.45) is 0 Å². The summed E-state index contributed by atoms with van der Waals surface area (Å²) in [6.07, 6.45) is 0.307. The molecule has 0 bridgehead atoms. The van der Waals surface area contributed by atoms with E-state index in [-0.39, 0.29) is 27.1 Å². The fourth-order valence-corrected chi connectivity index (χ4v) is 5.51. The van der Waals surface area contributed by atoms with Crippen molar-refractivity contribution < 1.29 is 16.8 Å². The predicted molar refractivity (Wildman–Crippen MR) is 77.9 cm³/mol. The van der Waals surface area contributed by atoms with Crippen LogP contribution in [-0.2, 0) is 19.9 Å². The monoisotopic (exact) mass is 338 g/mol. The number of sulfone groups is 1. The second-order valence-electron chi connectivity index (χ2n) is 4.76. The Morgan fingerprint density at radius 2 is 2.05 bits per heavy atom. The van der Waals surface area contributed by atoms with E-state index < -0.39 is 25.9 Å². The summed E-state index contributed by atoms with van der Waals surface area (Å²) in [5.74, 6) is -0.133. The molecule has 2 rings (SSSR count). The summed E-state index contributed by atoms with van der Waals surface area (Å²) in [7, 11) is -5.55. The maximum absolute atomic E-state index is 12.4. The van der Waals surface area contributed by atoms with Gasteiger partial charge in [-0.05, 0) is 24.6 Å². The molecule has 1 saturated heterocycles. The summed E-state index contributed by atoms with van der Waals surface area (Å²) >= 11 is 5.76. The van der Waals surface area contributed by atoms with E-state index in [1.807, 2.05) is 0 Å². The number of sulfonamides is 1. The fourth-order valence-electron chi connectivity index (χ4n) is 2.11. The molecule has 1 aromatic rings. The van der Waals surface area contributed by atoms with Gasteiger partial charge in [0, 0.05) is 13.1 Å². The van der Waals surface area contributed by atoms with Crippen LogP contribution in [-0.4, -0.2) is 45.7 Å². The van der Waals surface area contributed by atoms with Crippen LogP contribution in [0.15, 0.2) is 23.1 Å². The topological polar surface area (TPSA) is 97.5 Å². The number of nitrogens with zero attached hydrogens (tertiary/aromatic N) is 1. The van der Waals surface area contributed by atoms with E-state index in [2.05, 4.69) is 0 Å². The predicted octanol–water partition coefficient (Wildman–Crippen LogP) is 0.730. The third-order valence-corrected chi connectivity index (χ3v) is 7.37. The number of nitrogens with two attached hydrogens (primary N) is 1. The lowest BCUT2D eigenvalue weighted by Crippen LogP contribution is -2.37. The Bertz CT molecular complexity index is 731. The van der Waals surface area contributed by atoms with Crippen LogP contribution in [0.25, 0.3) is 0 Å². The quantitative estimate of drug-likeness (QED) is 0.819. The van der Waals surface area contributed by atoms with Gasteiger partial charge in [0.25, 0.3) is 0 Å². The third-order valence-electron chi connectivity index (χ3n) is 3.37. The van der Waals surface area contributed by atoms with Gasteiger partial charge in [0.15, 0.2) is 9.84 Å². The van der Waals surface area contributed by atoms with E-state index in [0.29, 0.717) is 6.42 Å². The van der Waals surface area contributed by atoms with E-state index in [1.165, 1.54) is 25.2 Å². The molecule has 1 atom stereocenters. The Labute approximate surface area is 123 Å². The number of halogens is 1. The smallest absolute Gasteiger partial charge is 0.243 e. The first-order valence-corrected chi connectivity index (χ1v) is 9.51. The zero-order valence-electron chi connectivity index (χ0n) is 10.8. The van der Waals surface area contributed by atoms with Gasteiger partial charge in [-0.1, -0.05) is 11.6 Å². The molecule has 1 heterocycles. The molecule has 1 unspecified atom stereocenters. The SMILES string of the molecule is CN(C1CCS(=O)(=O)C1)S(=O)(=O)c1ccc(Cl)c(N)c1. The standard InChI is InChI=1S/C11H15ClN2O4S2/c1-14(8-4-5-19(15,16)7-8)20(17,18)9-2-3-10(12)11(13)6-9/h2-3,6,8H,4-5,7,13H2,1H3. The molecule has 6 nitrogen and oxygen atoms in total. The summed E-state index contributed by atoms with van der Waals surface area (Å²) in [6, 6.07) is 3.50. The highest BCUT2D eigenvalue weighted by Gasteiger charge is 2.36. The van der Waals surface area contributed by atoms with E-state index in [4.69, 9.17) is 17.3 Å². The molecule has 0 radical (unpaired) electrons. The number of anilines is 1. The average Bonchev–Trinajstić information content (AvgIpc) is 2.72. The van der Waals surface area contributed by atoms with Crippen LogP contribution < -0.4 is 5.73 Å². The first-order valence-electron chi connectivity index (χ1n) is 5.87. The van der Waals surface area contributed by atoms with Gasteiger partial charge >= 0.3 is 0 Å². The van der Waals surface area contributed by atoms with E-state index in [9.17, 15) is 16.8 Å². The van der Waals surface area contributed by atoms with Crippen molar-refractivity contribution in [3.05, 3.63) is 23.2 Å². The fraction of sp³-hybridized carbons (Fsp3) is 0.455. The lowest BCUT2D eigenvalue weighted by Gasteiger charge is -2.23. The van der Waals surface area contributed by atoms with Crippen molar-refractivity contribution in [3.63, 3.8) is 0 Å². The molecule has 0 aromatic heterocycles. The largest absolute Gasteiger partial charge is 0.397 e. The third kappa shape index (κ3) is 2.93. The number of hydrogen-bond acceptors (Lipinski definition) is 5. The molecule has 2 N–H and O–H groups in total. The Balaban J connectivity index is 2.32. The highest BCUT2D eigenvalue weighted by Crippen LogP contribution is 2.27. The first-order chi connectivity index (χ1) is 9.13. The van der Waals surface area contributed by atoms with Crippen molar-refractivity contribution in [2.75, 3.05) is 24.3 Å². The summed E-state index contributed by atoms with van der Waals surface area (Å²) in [5, 5.41) is 0.273. The van der Waals surface area contributed by atoms with Gasteiger partial charge in [0.05, 0.1) is 27.1 Å². The second-order valence-corrected chi connectivity index (χ2v) is 9.39. The molecular formula is C11H15ClN2O4S2. The molecular weight excluding hydrogens is 324 g/mol. The van der Waals surface area contributed by atoms with Gasteiger partial charge in [-0.3, -0.25) is 0 Å². The second kappa shape index (κ2) is 5.18. The number of rotatable bonds is 3. The van der Waals surface area contributed by atoms with Crippen molar-refractivity contribution in [3.8, 4) is 0 Å². The Kier molecular flexibility index (Phi) is 4.03. The van der Waals surface area contributed by atoms with Crippen LogP contribution in [0.2, 0.25) is 5.02 Å². The van der Waals surface area contributed by atoms with Gasteiger partial charge in [0.1, 0.15) is 0 Å². The van der Waals surface area contributed by atoms with E-state index >= 15 is 0 Å². The lowest BCUT2D eigenvalue weighted by atomic mass is 10.3. The van der Waals surface area contributed by atoms with Gasteiger partial charge < -0.3 is 5.73 Å². The molecule has 1 aromatic carbocycles. The Hall–Kier alpha value is -0.830. The maximum atomic E-state index is 12.4. The first kappa shape index (κ1) is 15.6. The minimum Gasteiger partial charge on any atom is -0.397 e. The Morgan fingerprint density at radius 1 is 1.40 bits per heavy atom. The Morgan fingerprint density at radius 3 is 2.55 bits per heavy atom. The van der Waals surface area contributed by atoms with Crippen molar-refractivity contribution >= 4 is 37.1 Å². The summed E-state index contributed by atoms with van der Waals surface area (Å²) in [4.78, 5) is 0.00574. The highest BCUT2D eigenvalue weighted by atomic mass is 35.5. The minimum absolute atomic E-state index is 0.00574. The zero-order chi connectivity index (χ0) is 15.1. The van der Waals surface area contributed by atoms with Gasteiger partial charge in [0.2, 0.25) is 10.0 Å². The molecule has 0 aliphatic carbocycles. The van der Waals surface area contributed by atoms with Gasteiger partial charge in [-0.25, -0.2) is 16.8 Å². The van der Waals surface area contributed by atoms with Crippen molar-refractivity contribution in [1.29, 1.82) is 0 Å². The lowest BCUT2D eigenvalue weighted by molar-refractivity contribution is 0.394. The van der Waals surface area contributed by atoms with Crippen LogP contribution in [0.3, 0.4) is 0 Å². The summed E-state index contributed by atoms with van der Waals surface area (Å²) in [6.45, 7) is 0. The summed E-state index contributed by atoms with van der Waals surface area (Å²) in [5.41, 5.74) is 5.77. The van der Waals surface area contributed by atoms with Crippen LogP contribution in [0.4, 0.5) is 5.69 Å². The molecule has 0 amide bonds. The van der Waals surface area contributed by atoms with Crippen LogP contribution in [0.1, 0.15) is 6.42 Å². The molecule has 112 valence electrons. The molecule has 0 saturated carbocycles. The van der Waals surface area contributed by atoms with Crippen LogP contribution in [0, 0.1) is 0 Å². The highest BCUT2D eigenvalue weighted by molar-refractivity contribution is 7.92. The van der Waals surface area contributed by atoms with Gasteiger partial charge in [-0.15, -0.1) is 0 Å². The van der Waals surface area contributed by atoms with E-state index in [1.54, 1.807) is 0 Å². The molecule has 20 heavy (non-hydrogen) atoms. The minimum atomic E-state index is -3.78. The normalized spacial score (nSPS) is 22.2. The number of benzene rings is 1. The van der Waals surface area contributed by atoms with Gasteiger partial charge in [-0.2, -0.15) is 4.31 Å². The van der Waals surface area contributed by atoms with Crippen LogP contribution in [0.5, 0.6) is 0 Å². The summed E-state index contributed by atoms with van der Waals surface area (Å²) < 4.78 is 48.8. The maximum Gasteiger partial charge on any atom is 0.243 e. The van der Waals surface area contributed by atoms with E-state index in [0.717, 1.165) is 4.31 Å². The van der Waals surface area contributed by atoms with Crippen molar-refractivity contribution in [1.82, 2.24) is 4.31 Å².